The van der Waals surface area contributed by atoms with E-state index in [4.69, 9.17) is 23.3 Å². The smallest absolute Gasteiger partial charge is 0.462 e. The van der Waals surface area contributed by atoms with Gasteiger partial charge in [0.05, 0.1) is 19.8 Å². The first-order valence-corrected chi connectivity index (χ1v) is 32.3. The monoisotopic (exact) mass is 1090 g/mol. The van der Waals surface area contributed by atoms with Crippen molar-refractivity contribution in [2.75, 3.05) is 26.4 Å². The van der Waals surface area contributed by atoms with Crippen LogP contribution in [0.25, 0.3) is 0 Å². The Hall–Kier alpha value is -3.08. The molecule has 0 aromatic heterocycles. The summed E-state index contributed by atoms with van der Waals surface area (Å²) in [7, 11) is -4.77. The Morgan fingerprint density at radius 3 is 1.12 bits per heavy atom. The molecule has 76 heavy (non-hydrogen) atoms. The molecule has 2 N–H and O–H groups in total. The number of carbonyl (C=O) groups is 3. The standard InChI is InChI=1S/C64H113O11P/c1-4-7-10-13-16-19-22-25-28-30-33-36-39-42-45-48-51-54-63(67)74-60(56-65)58-72-76(69,70)73-59-61(57-71-62(66)53-50-47-44-41-38-35-32-27-24-21-18-15-12-9-6-3)75-64(68)55-52-49-46-43-40-37-34-31-29-26-23-20-17-14-11-8-5-2/h8,11,17,20,26-27,29,32,34,37,43,46,60-61,65H,4-7,9-10,12-16,18-19,21-25,28,30-31,33,35-36,38-42,44-45,47-59H2,1-3H3,(H,69,70)/b11-8-,20-17-,29-26-,32-27-,37-34-,46-43-. The predicted octanol–water partition coefficient (Wildman–Crippen LogP) is 18.5. The molecular formula is C64H113O11P. The lowest BCUT2D eigenvalue weighted by molar-refractivity contribution is -0.161. The van der Waals surface area contributed by atoms with Crippen LogP contribution in [0.3, 0.4) is 0 Å². The van der Waals surface area contributed by atoms with Crippen LogP contribution in [0.2, 0.25) is 0 Å². The summed E-state index contributed by atoms with van der Waals surface area (Å²) >= 11 is 0. The van der Waals surface area contributed by atoms with Crippen molar-refractivity contribution >= 4 is 25.7 Å². The number of esters is 3. The van der Waals surface area contributed by atoms with Gasteiger partial charge in [0.2, 0.25) is 0 Å². The second-order valence-corrected chi connectivity index (χ2v) is 21.9. The first-order valence-electron chi connectivity index (χ1n) is 30.8. The van der Waals surface area contributed by atoms with E-state index in [1.165, 1.54) is 122 Å². The van der Waals surface area contributed by atoms with Crippen molar-refractivity contribution in [3.63, 3.8) is 0 Å². The number of hydrogen-bond donors (Lipinski definition) is 2. The van der Waals surface area contributed by atoms with Crippen LogP contribution in [-0.2, 0) is 42.2 Å². The molecule has 0 heterocycles. The Labute approximate surface area is 465 Å². The minimum absolute atomic E-state index is 0.0873. The van der Waals surface area contributed by atoms with Gasteiger partial charge in [0, 0.05) is 19.3 Å². The number of aliphatic hydroxyl groups is 1. The van der Waals surface area contributed by atoms with Gasteiger partial charge in [0.15, 0.2) is 6.10 Å². The van der Waals surface area contributed by atoms with Gasteiger partial charge in [0.25, 0.3) is 0 Å². The number of hydrogen-bond acceptors (Lipinski definition) is 10. The number of aliphatic hydroxyl groups excluding tert-OH is 1. The average molecular weight is 1090 g/mol. The molecule has 0 aromatic carbocycles. The number of ether oxygens (including phenoxy) is 3. The van der Waals surface area contributed by atoms with Crippen molar-refractivity contribution in [3.8, 4) is 0 Å². The summed E-state index contributed by atoms with van der Waals surface area (Å²) < 4.78 is 39.5. The first kappa shape index (κ1) is 72.9. The fourth-order valence-corrected chi connectivity index (χ4v) is 9.23. The van der Waals surface area contributed by atoms with Gasteiger partial charge >= 0.3 is 25.7 Å². The summed E-state index contributed by atoms with van der Waals surface area (Å²) in [6.07, 6.45) is 65.8. The summed E-state index contributed by atoms with van der Waals surface area (Å²) in [5.74, 6) is -1.54. The van der Waals surface area contributed by atoms with Gasteiger partial charge in [0.1, 0.15) is 12.7 Å². The highest BCUT2D eigenvalue weighted by Crippen LogP contribution is 2.43. The lowest BCUT2D eigenvalue weighted by Crippen LogP contribution is -2.30. The van der Waals surface area contributed by atoms with Crippen molar-refractivity contribution in [2.24, 2.45) is 0 Å². The van der Waals surface area contributed by atoms with Gasteiger partial charge in [-0.1, -0.05) is 248 Å². The Morgan fingerprint density at radius 1 is 0.382 bits per heavy atom. The van der Waals surface area contributed by atoms with E-state index in [1.807, 2.05) is 12.2 Å². The third-order valence-electron chi connectivity index (χ3n) is 13.1. The summed E-state index contributed by atoms with van der Waals surface area (Å²) in [6.45, 7) is 4.49. The van der Waals surface area contributed by atoms with E-state index >= 15 is 0 Å². The molecule has 0 rings (SSSR count). The van der Waals surface area contributed by atoms with Gasteiger partial charge in [-0.05, 0) is 83.5 Å². The van der Waals surface area contributed by atoms with E-state index < -0.39 is 57.8 Å². The Kier molecular flexibility index (Phi) is 55.7. The highest BCUT2D eigenvalue weighted by molar-refractivity contribution is 7.47. The van der Waals surface area contributed by atoms with Gasteiger partial charge in [-0.2, -0.15) is 0 Å². The molecule has 0 aliphatic rings. The summed E-state index contributed by atoms with van der Waals surface area (Å²) in [4.78, 5) is 48.6. The number of phosphoric ester groups is 1. The predicted molar refractivity (Wildman–Crippen MR) is 316 cm³/mol. The van der Waals surface area contributed by atoms with E-state index in [9.17, 15) is 28.9 Å². The topological polar surface area (TPSA) is 155 Å². The van der Waals surface area contributed by atoms with E-state index in [-0.39, 0.29) is 25.9 Å². The van der Waals surface area contributed by atoms with E-state index in [0.29, 0.717) is 25.7 Å². The van der Waals surface area contributed by atoms with Crippen LogP contribution >= 0.6 is 7.82 Å². The summed E-state index contributed by atoms with van der Waals surface area (Å²) in [6, 6.07) is 0. The normalized spacial score (nSPS) is 13.8. The number of unbranched alkanes of at least 4 members (excludes halogenated alkanes) is 28. The summed E-state index contributed by atoms with van der Waals surface area (Å²) in [5, 5.41) is 9.84. The molecule has 0 aromatic rings. The molecule has 11 nitrogen and oxygen atoms in total. The molecule has 440 valence electrons. The van der Waals surface area contributed by atoms with E-state index in [0.717, 1.165) is 89.9 Å². The second kappa shape index (κ2) is 58.1. The minimum atomic E-state index is -4.77. The number of phosphoric acid groups is 1. The molecule has 0 spiro atoms. The SMILES string of the molecule is CC/C=C\C/C=C\C/C=C\C/C=C\C/C=C\CCCC(=O)OC(COC(=O)CCCCCCC/C=C\CCCCCCCC)COP(=O)(O)OCC(CO)OC(=O)CCCCCCCCCCCCCCCCCCC. The van der Waals surface area contributed by atoms with Crippen LogP contribution in [0.4, 0.5) is 0 Å². The second-order valence-electron chi connectivity index (χ2n) is 20.5. The van der Waals surface area contributed by atoms with Crippen molar-refractivity contribution in [1.29, 1.82) is 0 Å². The Morgan fingerprint density at radius 2 is 0.697 bits per heavy atom. The molecule has 0 aliphatic heterocycles. The van der Waals surface area contributed by atoms with Crippen LogP contribution in [0.1, 0.15) is 278 Å². The van der Waals surface area contributed by atoms with Crippen LogP contribution < -0.4 is 0 Å². The van der Waals surface area contributed by atoms with Crippen molar-refractivity contribution < 1.29 is 52.2 Å². The molecular weight excluding hydrogens is 976 g/mol. The summed E-state index contributed by atoms with van der Waals surface area (Å²) in [5.41, 5.74) is 0. The zero-order valence-electron chi connectivity index (χ0n) is 48.7. The maximum atomic E-state index is 12.9. The van der Waals surface area contributed by atoms with Crippen LogP contribution in [0.15, 0.2) is 72.9 Å². The van der Waals surface area contributed by atoms with Crippen LogP contribution in [-0.4, -0.2) is 66.5 Å². The fourth-order valence-electron chi connectivity index (χ4n) is 8.45. The number of allylic oxidation sites excluding steroid dienone is 12. The Bertz CT molecular complexity index is 1550. The molecule has 0 amide bonds. The van der Waals surface area contributed by atoms with Crippen molar-refractivity contribution in [3.05, 3.63) is 72.9 Å². The molecule has 0 bridgehead atoms. The molecule has 0 fully saturated rings. The number of carbonyl (C=O) groups excluding carboxylic acids is 3. The third kappa shape index (κ3) is 55.7. The average Bonchev–Trinajstić information content (AvgIpc) is 3.41. The molecule has 0 aliphatic carbocycles. The minimum Gasteiger partial charge on any atom is -0.462 e. The van der Waals surface area contributed by atoms with Crippen molar-refractivity contribution in [2.45, 2.75) is 290 Å². The zero-order chi connectivity index (χ0) is 55.5. The lowest BCUT2D eigenvalue weighted by Gasteiger charge is -2.21. The van der Waals surface area contributed by atoms with E-state index in [2.05, 4.69) is 81.5 Å². The molecule has 0 saturated carbocycles. The largest absolute Gasteiger partial charge is 0.472 e. The van der Waals surface area contributed by atoms with Crippen molar-refractivity contribution in [1.82, 2.24) is 0 Å². The molecule has 12 heteroatoms. The Balaban J connectivity index is 4.76. The number of rotatable bonds is 57. The highest BCUT2D eigenvalue weighted by atomic mass is 31.2. The maximum absolute atomic E-state index is 12.9. The molecule has 0 saturated heterocycles. The quantitative estimate of drug-likeness (QED) is 0.0197. The molecule has 3 unspecified atom stereocenters. The van der Waals surface area contributed by atoms with E-state index in [1.54, 1.807) is 0 Å². The molecule has 3 atom stereocenters. The van der Waals surface area contributed by atoms with Gasteiger partial charge in [-0.15, -0.1) is 0 Å². The zero-order valence-corrected chi connectivity index (χ0v) is 49.6. The first-order chi connectivity index (χ1) is 37.2. The van der Waals surface area contributed by atoms with Gasteiger partial charge in [-0.3, -0.25) is 23.4 Å². The maximum Gasteiger partial charge on any atom is 0.472 e. The third-order valence-corrected chi connectivity index (χ3v) is 14.1. The van der Waals surface area contributed by atoms with Crippen LogP contribution in [0, 0.1) is 0 Å². The van der Waals surface area contributed by atoms with Crippen LogP contribution in [0.5, 0.6) is 0 Å². The molecule has 0 radical (unpaired) electrons. The fraction of sp³-hybridized carbons (Fsp3) is 0.766. The highest BCUT2D eigenvalue weighted by Gasteiger charge is 2.28. The van der Waals surface area contributed by atoms with Gasteiger partial charge < -0.3 is 24.2 Å². The lowest BCUT2D eigenvalue weighted by atomic mass is 10.0. The van der Waals surface area contributed by atoms with Gasteiger partial charge in [-0.25, -0.2) is 4.57 Å².